The molecule has 0 bridgehead atoms. The highest BCUT2D eigenvalue weighted by Gasteiger charge is 2.23. The Hall–Kier alpha value is -2.76. The van der Waals surface area contributed by atoms with Gasteiger partial charge in [-0.25, -0.2) is 4.79 Å². The van der Waals surface area contributed by atoms with Crippen LogP contribution in [-0.2, 0) is 0 Å². The predicted molar refractivity (Wildman–Crippen MR) is 65.2 cm³/mol. The van der Waals surface area contributed by atoms with Crippen molar-refractivity contribution in [1.29, 1.82) is 0 Å². The fraction of sp³-hybridized carbons (Fsp3) is 0. The summed E-state index contributed by atoms with van der Waals surface area (Å²) in [4.78, 5) is 14.2. The van der Waals surface area contributed by atoms with Gasteiger partial charge in [-0.05, 0) is 12.1 Å². The molecular weight excluding hydrogens is 234 g/mol. The van der Waals surface area contributed by atoms with Gasteiger partial charge in [0.15, 0.2) is 5.56 Å². The molecule has 0 radical (unpaired) electrons. The first-order chi connectivity index (χ1) is 8.68. The minimum Gasteiger partial charge on any atom is -0.477 e. The highest BCUT2D eigenvalue weighted by Crippen LogP contribution is 2.32. The number of anilines is 1. The molecule has 18 heavy (non-hydrogen) atoms. The van der Waals surface area contributed by atoms with Crippen molar-refractivity contribution in [3.63, 3.8) is 0 Å². The van der Waals surface area contributed by atoms with Gasteiger partial charge < -0.3 is 20.3 Å². The van der Waals surface area contributed by atoms with Gasteiger partial charge in [0.25, 0.3) is 0 Å². The van der Waals surface area contributed by atoms with E-state index in [0.717, 1.165) is 10.9 Å². The predicted octanol–water partition coefficient (Wildman–Crippen LogP) is 2.10. The summed E-state index contributed by atoms with van der Waals surface area (Å²) < 4.78 is 4.77. The Morgan fingerprint density at radius 1 is 1.39 bits per heavy atom. The third-order valence-corrected chi connectivity index (χ3v) is 2.78. The number of aromatic carboxylic acids is 1. The van der Waals surface area contributed by atoms with E-state index in [1.54, 1.807) is 12.3 Å². The lowest BCUT2D eigenvalue weighted by Crippen LogP contribution is -2.01. The lowest BCUT2D eigenvalue weighted by atomic mass is 10.0. The molecule has 3 aromatic rings. The van der Waals surface area contributed by atoms with E-state index in [9.17, 15) is 4.79 Å². The SMILES string of the molecule is Nc1onc(-c2cccc3[nH]ccc23)c1C(=O)O. The Morgan fingerprint density at radius 3 is 3.00 bits per heavy atom. The summed E-state index contributed by atoms with van der Waals surface area (Å²) in [5, 5.41) is 13.7. The number of carboxylic acid groups (broad SMARTS) is 1. The molecule has 0 aliphatic heterocycles. The maximum Gasteiger partial charge on any atom is 0.343 e. The molecule has 2 heterocycles. The van der Waals surface area contributed by atoms with Crippen molar-refractivity contribution in [2.75, 3.05) is 5.73 Å². The number of nitrogens with one attached hydrogen (secondary N) is 1. The summed E-state index contributed by atoms with van der Waals surface area (Å²) >= 11 is 0. The van der Waals surface area contributed by atoms with E-state index in [2.05, 4.69) is 10.1 Å². The lowest BCUT2D eigenvalue weighted by molar-refractivity contribution is 0.0698. The van der Waals surface area contributed by atoms with Crippen molar-refractivity contribution in [1.82, 2.24) is 10.1 Å². The van der Waals surface area contributed by atoms with Crippen LogP contribution in [0.25, 0.3) is 22.2 Å². The van der Waals surface area contributed by atoms with Gasteiger partial charge in [0.2, 0.25) is 5.88 Å². The summed E-state index contributed by atoms with van der Waals surface area (Å²) in [6, 6.07) is 7.33. The molecule has 90 valence electrons. The van der Waals surface area contributed by atoms with Gasteiger partial charge >= 0.3 is 5.97 Å². The highest BCUT2D eigenvalue weighted by atomic mass is 16.5. The molecule has 0 fully saturated rings. The van der Waals surface area contributed by atoms with Gasteiger partial charge in [-0.3, -0.25) is 0 Å². The zero-order valence-corrected chi connectivity index (χ0v) is 9.18. The second-order valence-corrected chi connectivity index (χ2v) is 3.82. The molecule has 0 spiro atoms. The molecule has 6 nitrogen and oxygen atoms in total. The smallest absolute Gasteiger partial charge is 0.343 e. The van der Waals surface area contributed by atoms with Gasteiger partial charge in [-0.15, -0.1) is 0 Å². The number of benzene rings is 1. The van der Waals surface area contributed by atoms with Gasteiger partial charge in [-0.2, -0.15) is 0 Å². The van der Waals surface area contributed by atoms with Crippen LogP contribution in [0.4, 0.5) is 5.88 Å². The van der Waals surface area contributed by atoms with Crippen LogP contribution in [0.3, 0.4) is 0 Å². The fourth-order valence-corrected chi connectivity index (χ4v) is 1.99. The van der Waals surface area contributed by atoms with Crippen LogP contribution in [-0.4, -0.2) is 21.2 Å². The Kier molecular flexibility index (Phi) is 2.09. The second-order valence-electron chi connectivity index (χ2n) is 3.82. The number of carbonyl (C=O) groups is 1. The maximum atomic E-state index is 11.2. The number of hydrogen-bond acceptors (Lipinski definition) is 4. The summed E-state index contributed by atoms with van der Waals surface area (Å²) in [6.45, 7) is 0. The first-order valence-corrected chi connectivity index (χ1v) is 5.23. The Balaban J connectivity index is 2.33. The number of aromatic amines is 1. The molecule has 3 rings (SSSR count). The molecule has 2 aromatic heterocycles. The van der Waals surface area contributed by atoms with E-state index < -0.39 is 5.97 Å². The highest BCUT2D eigenvalue weighted by molar-refractivity contribution is 6.04. The van der Waals surface area contributed by atoms with Crippen molar-refractivity contribution in [2.24, 2.45) is 0 Å². The van der Waals surface area contributed by atoms with Crippen molar-refractivity contribution in [3.05, 3.63) is 36.0 Å². The number of hydrogen-bond donors (Lipinski definition) is 3. The van der Waals surface area contributed by atoms with Crippen molar-refractivity contribution >= 4 is 22.8 Å². The zero-order chi connectivity index (χ0) is 12.7. The minimum absolute atomic E-state index is 0.108. The number of carboxylic acids is 1. The standard InChI is InChI=1S/C12H9N3O3/c13-11-9(12(16)17)10(15-18-11)7-2-1-3-8-6(7)4-5-14-8/h1-5,14H,13H2,(H,16,17). The van der Waals surface area contributed by atoms with Gasteiger partial charge in [-0.1, -0.05) is 17.3 Å². The van der Waals surface area contributed by atoms with Crippen molar-refractivity contribution < 1.29 is 14.4 Å². The zero-order valence-electron chi connectivity index (χ0n) is 9.18. The van der Waals surface area contributed by atoms with Crippen LogP contribution in [0.15, 0.2) is 35.0 Å². The summed E-state index contributed by atoms with van der Waals surface area (Å²) in [6.07, 6.45) is 1.78. The van der Waals surface area contributed by atoms with E-state index in [1.165, 1.54) is 0 Å². The van der Waals surface area contributed by atoms with E-state index in [1.807, 2.05) is 18.2 Å². The van der Waals surface area contributed by atoms with Crippen LogP contribution >= 0.6 is 0 Å². The number of nitrogens with two attached hydrogens (primary N) is 1. The molecule has 0 aliphatic carbocycles. The minimum atomic E-state index is -1.16. The third-order valence-electron chi connectivity index (χ3n) is 2.78. The number of H-pyrrole nitrogens is 1. The van der Waals surface area contributed by atoms with Crippen molar-refractivity contribution in [3.8, 4) is 11.3 Å². The molecular formula is C12H9N3O3. The van der Waals surface area contributed by atoms with Crippen LogP contribution in [0, 0.1) is 0 Å². The quantitative estimate of drug-likeness (QED) is 0.639. The number of aromatic nitrogens is 2. The largest absolute Gasteiger partial charge is 0.477 e. The molecule has 4 N–H and O–H groups in total. The maximum absolute atomic E-state index is 11.2. The number of fused-ring (bicyclic) bond motifs is 1. The Morgan fingerprint density at radius 2 is 2.22 bits per heavy atom. The van der Waals surface area contributed by atoms with Gasteiger partial charge in [0.05, 0.1) is 0 Å². The lowest BCUT2D eigenvalue weighted by Gasteiger charge is -2.00. The van der Waals surface area contributed by atoms with Crippen LogP contribution in [0.1, 0.15) is 10.4 Å². The Labute approximate surface area is 101 Å². The fourth-order valence-electron chi connectivity index (χ4n) is 1.99. The number of nitrogen functional groups attached to an aromatic ring is 1. The van der Waals surface area contributed by atoms with Crippen LogP contribution in [0.5, 0.6) is 0 Å². The average molecular weight is 243 g/mol. The monoisotopic (exact) mass is 243 g/mol. The molecule has 0 amide bonds. The molecule has 0 atom stereocenters. The van der Waals surface area contributed by atoms with Crippen LogP contribution in [0.2, 0.25) is 0 Å². The topological polar surface area (TPSA) is 105 Å². The summed E-state index contributed by atoms with van der Waals surface area (Å²) in [7, 11) is 0. The average Bonchev–Trinajstić information content (AvgIpc) is 2.94. The molecule has 0 saturated carbocycles. The summed E-state index contributed by atoms with van der Waals surface area (Å²) in [5.41, 5.74) is 7.18. The molecule has 6 heteroatoms. The number of rotatable bonds is 2. The van der Waals surface area contributed by atoms with E-state index >= 15 is 0 Å². The molecule has 0 saturated heterocycles. The summed E-state index contributed by atoms with van der Waals surface area (Å²) in [5.74, 6) is -1.35. The van der Waals surface area contributed by atoms with Crippen molar-refractivity contribution in [2.45, 2.75) is 0 Å². The molecule has 0 aliphatic rings. The number of nitrogens with zero attached hydrogens (tertiary/aromatic N) is 1. The van der Waals surface area contributed by atoms with E-state index in [0.29, 0.717) is 5.56 Å². The van der Waals surface area contributed by atoms with Gasteiger partial charge in [0, 0.05) is 22.7 Å². The Bertz CT molecular complexity index is 742. The first-order valence-electron chi connectivity index (χ1n) is 5.23. The second kappa shape index (κ2) is 3.63. The first kappa shape index (κ1) is 10.4. The van der Waals surface area contributed by atoms with E-state index in [4.69, 9.17) is 15.4 Å². The molecule has 1 aromatic carbocycles. The van der Waals surface area contributed by atoms with Crippen LogP contribution < -0.4 is 5.73 Å². The molecule has 0 unspecified atom stereocenters. The normalized spacial score (nSPS) is 10.9. The van der Waals surface area contributed by atoms with Gasteiger partial charge in [0.1, 0.15) is 5.69 Å². The third kappa shape index (κ3) is 1.36. The van der Waals surface area contributed by atoms with E-state index in [-0.39, 0.29) is 17.1 Å².